The van der Waals surface area contributed by atoms with E-state index in [1.165, 1.54) is 17.0 Å². The highest BCUT2D eigenvalue weighted by molar-refractivity contribution is 7.71. The molecule has 1 aromatic carbocycles. The molecule has 1 aliphatic heterocycles. The van der Waals surface area contributed by atoms with E-state index in [1.807, 2.05) is 28.4 Å². The summed E-state index contributed by atoms with van der Waals surface area (Å²) in [6.07, 6.45) is 0.809. The van der Waals surface area contributed by atoms with Gasteiger partial charge in [-0.25, -0.2) is 9.07 Å². The summed E-state index contributed by atoms with van der Waals surface area (Å²) < 4.78 is 17.8. The van der Waals surface area contributed by atoms with Crippen molar-refractivity contribution < 1.29 is 4.39 Å². The van der Waals surface area contributed by atoms with E-state index in [1.54, 1.807) is 11.3 Å². The van der Waals surface area contributed by atoms with Crippen molar-refractivity contribution in [2.45, 2.75) is 13.1 Å². The van der Waals surface area contributed by atoms with E-state index in [2.05, 4.69) is 27.3 Å². The maximum atomic E-state index is 13.1. The third kappa shape index (κ3) is 4.12. The number of nitrogens with zero attached hydrogens (tertiary/aromatic N) is 5. The molecule has 0 radical (unpaired) electrons. The van der Waals surface area contributed by atoms with Crippen LogP contribution in [0.25, 0.3) is 0 Å². The lowest BCUT2D eigenvalue weighted by Gasteiger charge is -2.35. The molecule has 1 aliphatic rings. The van der Waals surface area contributed by atoms with Crippen LogP contribution >= 0.6 is 23.6 Å². The molecule has 3 aromatic rings. The van der Waals surface area contributed by atoms with Gasteiger partial charge in [0.15, 0.2) is 4.77 Å². The molecule has 0 atom stereocenters. The molecule has 27 heavy (non-hydrogen) atoms. The highest BCUT2D eigenvalue weighted by Gasteiger charge is 2.19. The number of hydrogen-bond acceptors (Lipinski definition) is 5. The van der Waals surface area contributed by atoms with Crippen LogP contribution in [-0.4, -0.2) is 45.4 Å². The first-order valence-electron chi connectivity index (χ1n) is 8.98. The van der Waals surface area contributed by atoms with Crippen LogP contribution in [0.15, 0.2) is 41.8 Å². The first-order chi connectivity index (χ1) is 13.1. The third-order valence-corrected chi connectivity index (χ3v) is 6.30. The fraction of sp³-hybridized carbons (Fsp3) is 0.368. The summed E-state index contributed by atoms with van der Waals surface area (Å²) in [5, 5.41) is 6.84. The highest BCUT2D eigenvalue weighted by atomic mass is 32.1. The summed E-state index contributed by atoms with van der Waals surface area (Å²) in [7, 11) is 1.99. The minimum atomic E-state index is -0.194. The van der Waals surface area contributed by atoms with Gasteiger partial charge in [-0.15, -0.1) is 11.3 Å². The number of anilines is 1. The Bertz CT molecular complexity index is 938. The molecule has 0 aliphatic carbocycles. The molecule has 0 N–H and O–H groups in total. The van der Waals surface area contributed by atoms with E-state index in [4.69, 9.17) is 17.3 Å². The lowest BCUT2D eigenvalue weighted by Crippen LogP contribution is -2.47. The van der Waals surface area contributed by atoms with Gasteiger partial charge < -0.3 is 9.47 Å². The number of aromatic nitrogens is 3. The zero-order chi connectivity index (χ0) is 18.8. The van der Waals surface area contributed by atoms with Crippen LogP contribution in [0.5, 0.6) is 0 Å². The first kappa shape index (κ1) is 18.3. The van der Waals surface area contributed by atoms with Crippen LogP contribution in [0.3, 0.4) is 0 Å². The van der Waals surface area contributed by atoms with Gasteiger partial charge in [-0.2, -0.15) is 5.10 Å². The zero-order valence-corrected chi connectivity index (χ0v) is 16.8. The molecule has 4 rings (SSSR count). The summed E-state index contributed by atoms with van der Waals surface area (Å²) in [6.45, 7) is 4.38. The molecule has 0 spiro atoms. The van der Waals surface area contributed by atoms with E-state index in [0.29, 0.717) is 6.67 Å². The van der Waals surface area contributed by atoms with Gasteiger partial charge in [0.25, 0.3) is 0 Å². The van der Waals surface area contributed by atoms with Crippen molar-refractivity contribution in [1.29, 1.82) is 0 Å². The predicted molar refractivity (Wildman–Crippen MR) is 109 cm³/mol. The van der Waals surface area contributed by atoms with Gasteiger partial charge in [0.1, 0.15) is 11.6 Å². The van der Waals surface area contributed by atoms with Crippen LogP contribution in [0.4, 0.5) is 10.1 Å². The molecule has 5 nitrogen and oxygen atoms in total. The van der Waals surface area contributed by atoms with Crippen molar-refractivity contribution in [3.05, 3.63) is 63.1 Å². The minimum absolute atomic E-state index is 0.194. The Kier molecular flexibility index (Phi) is 5.38. The van der Waals surface area contributed by atoms with E-state index >= 15 is 0 Å². The summed E-state index contributed by atoms with van der Waals surface area (Å²) in [5.74, 6) is 0.799. The summed E-state index contributed by atoms with van der Waals surface area (Å²) in [5.41, 5.74) is 1.07. The van der Waals surface area contributed by atoms with Crippen molar-refractivity contribution in [3.63, 3.8) is 0 Å². The molecule has 0 saturated carbocycles. The van der Waals surface area contributed by atoms with Gasteiger partial charge in [0.2, 0.25) is 0 Å². The number of piperazine rings is 1. The second-order valence-electron chi connectivity index (χ2n) is 6.74. The molecular formula is C19H22FN5S2. The van der Waals surface area contributed by atoms with Crippen LogP contribution in [0.1, 0.15) is 10.7 Å². The summed E-state index contributed by atoms with van der Waals surface area (Å²) in [6, 6.07) is 10.9. The molecule has 1 saturated heterocycles. The smallest absolute Gasteiger partial charge is 0.198 e. The van der Waals surface area contributed by atoms with Crippen molar-refractivity contribution in [2.24, 2.45) is 7.05 Å². The second-order valence-corrected chi connectivity index (χ2v) is 8.13. The van der Waals surface area contributed by atoms with Crippen molar-refractivity contribution in [1.82, 2.24) is 19.2 Å². The highest BCUT2D eigenvalue weighted by Crippen LogP contribution is 2.18. The van der Waals surface area contributed by atoms with Gasteiger partial charge in [-0.1, -0.05) is 6.07 Å². The van der Waals surface area contributed by atoms with Gasteiger partial charge in [0, 0.05) is 50.2 Å². The Labute approximate surface area is 167 Å². The predicted octanol–water partition coefficient (Wildman–Crippen LogP) is 3.52. The van der Waals surface area contributed by atoms with E-state index in [0.717, 1.165) is 48.9 Å². The second kappa shape index (κ2) is 7.92. The molecule has 0 amide bonds. The standard InChI is InChI=1S/C19H22FN5S2/c1-22-18(13-17-3-2-12-27-17)21-25(19(22)26)14-23-8-10-24(11-9-23)16-6-4-15(20)5-7-16/h2-7,12H,8-11,13-14H2,1H3. The maximum absolute atomic E-state index is 13.1. The van der Waals surface area contributed by atoms with Crippen LogP contribution in [-0.2, 0) is 20.1 Å². The Hall–Kier alpha value is -2.03. The van der Waals surface area contributed by atoms with Gasteiger partial charge >= 0.3 is 0 Å². The van der Waals surface area contributed by atoms with Crippen molar-refractivity contribution in [2.75, 3.05) is 31.1 Å². The number of benzene rings is 1. The average molecular weight is 404 g/mol. The van der Waals surface area contributed by atoms with Crippen molar-refractivity contribution in [3.8, 4) is 0 Å². The average Bonchev–Trinajstić information content (AvgIpc) is 3.28. The lowest BCUT2D eigenvalue weighted by atomic mass is 10.2. The van der Waals surface area contributed by atoms with Crippen LogP contribution in [0, 0.1) is 10.6 Å². The maximum Gasteiger partial charge on any atom is 0.198 e. The molecular weight excluding hydrogens is 381 g/mol. The Morgan fingerprint density at radius 3 is 2.52 bits per heavy atom. The SMILES string of the molecule is Cn1c(Cc2cccs2)nn(CN2CCN(c3ccc(F)cc3)CC2)c1=S. The fourth-order valence-corrected chi connectivity index (χ4v) is 4.24. The number of halogens is 1. The third-order valence-electron chi connectivity index (χ3n) is 4.94. The largest absolute Gasteiger partial charge is 0.369 e. The number of rotatable bonds is 5. The van der Waals surface area contributed by atoms with Gasteiger partial charge in [-0.3, -0.25) is 4.90 Å². The molecule has 0 bridgehead atoms. The number of hydrogen-bond donors (Lipinski definition) is 0. The van der Waals surface area contributed by atoms with Gasteiger partial charge in [0.05, 0.1) is 6.67 Å². The molecule has 1 fully saturated rings. The van der Waals surface area contributed by atoms with E-state index < -0.39 is 0 Å². The Balaban J connectivity index is 1.39. The lowest BCUT2D eigenvalue weighted by molar-refractivity contribution is 0.194. The van der Waals surface area contributed by atoms with E-state index in [9.17, 15) is 4.39 Å². The van der Waals surface area contributed by atoms with E-state index in [-0.39, 0.29) is 5.82 Å². The molecule has 142 valence electrons. The fourth-order valence-electron chi connectivity index (χ4n) is 3.34. The number of thiophene rings is 1. The summed E-state index contributed by atoms with van der Waals surface area (Å²) >= 11 is 7.32. The topological polar surface area (TPSA) is 29.2 Å². The zero-order valence-electron chi connectivity index (χ0n) is 15.2. The molecule has 8 heteroatoms. The monoisotopic (exact) mass is 403 g/mol. The minimum Gasteiger partial charge on any atom is -0.369 e. The molecule has 0 unspecified atom stereocenters. The van der Waals surface area contributed by atoms with Crippen LogP contribution < -0.4 is 4.90 Å². The Morgan fingerprint density at radius 2 is 1.85 bits per heavy atom. The molecule has 2 aromatic heterocycles. The molecule has 3 heterocycles. The first-order valence-corrected chi connectivity index (χ1v) is 10.3. The normalized spacial score (nSPS) is 15.4. The quantitative estimate of drug-likeness (QED) is 0.610. The van der Waals surface area contributed by atoms with Crippen LogP contribution in [0.2, 0.25) is 0 Å². The Morgan fingerprint density at radius 1 is 1.11 bits per heavy atom. The van der Waals surface area contributed by atoms with Gasteiger partial charge in [-0.05, 0) is 47.9 Å². The van der Waals surface area contributed by atoms with Crippen molar-refractivity contribution >= 4 is 29.2 Å². The summed E-state index contributed by atoms with van der Waals surface area (Å²) in [4.78, 5) is 5.94.